The van der Waals surface area contributed by atoms with E-state index in [1.54, 1.807) is 5.57 Å². The fraction of sp³-hybridized carbons (Fsp3) is 0.735. The van der Waals surface area contributed by atoms with Gasteiger partial charge >= 0.3 is 0 Å². The summed E-state index contributed by atoms with van der Waals surface area (Å²) in [6.07, 6.45) is 42.4. The number of allylic oxidation sites excluding steroid dienone is 2. The highest BCUT2D eigenvalue weighted by molar-refractivity contribution is 5.18. The summed E-state index contributed by atoms with van der Waals surface area (Å²) in [6.45, 7) is 3.62. The quantitative estimate of drug-likeness (QED) is 0.326. The van der Waals surface area contributed by atoms with Crippen LogP contribution in [0.25, 0.3) is 0 Å². The molecule has 0 atom stereocenters. The van der Waals surface area contributed by atoms with E-state index in [0.717, 1.165) is 0 Å². The van der Waals surface area contributed by atoms with E-state index < -0.39 is 0 Å². The minimum absolute atomic E-state index is 1.18. The first kappa shape index (κ1) is 29.0. The van der Waals surface area contributed by atoms with Gasteiger partial charge in [-0.1, -0.05) is 108 Å². The Morgan fingerprint density at radius 2 is 1.14 bits per heavy atom. The number of nitrogens with zero attached hydrogens (tertiary/aromatic N) is 2. The third kappa shape index (κ3) is 13.7. The van der Waals surface area contributed by atoms with Crippen molar-refractivity contribution >= 4 is 0 Å². The third-order valence-corrected chi connectivity index (χ3v) is 8.28. The van der Waals surface area contributed by atoms with Gasteiger partial charge in [0.25, 0.3) is 0 Å². The summed E-state index contributed by atoms with van der Waals surface area (Å²) in [4.78, 5) is 2.56. The Morgan fingerprint density at radius 1 is 0.583 bits per heavy atom. The van der Waals surface area contributed by atoms with Crippen molar-refractivity contribution in [1.29, 1.82) is 0 Å². The van der Waals surface area contributed by atoms with Crippen LogP contribution in [0.3, 0.4) is 0 Å². The minimum atomic E-state index is 1.18. The molecule has 36 heavy (non-hydrogen) atoms. The highest BCUT2D eigenvalue weighted by atomic mass is 15.1. The van der Waals surface area contributed by atoms with E-state index in [9.17, 15) is 0 Å². The second-order valence-electron chi connectivity index (χ2n) is 11.7. The highest BCUT2D eigenvalue weighted by Gasteiger charge is 2.08. The van der Waals surface area contributed by atoms with E-state index >= 15 is 0 Å². The van der Waals surface area contributed by atoms with Gasteiger partial charge in [0.2, 0.25) is 0 Å². The Hall–Kier alpha value is -1.57. The van der Waals surface area contributed by atoms with E-state index in [2.05, 4.69) is 52.3 Å². The van der Waals surface area contributed by atoms with Crippen LogP contribution in [0.2, 0.25) is 0 Å². The van der Waals surface area contributed by atoms with Gasteiger partial charge in [0.1, 0.15) is 6.54 Å². The Bertz CT molecular complexity index is 734. The lowest BCUT2D eigenvalue weighted by atomic mass is 10.0. The van der Waals surface area contributed by atoms with Crippen molar-refractivity contribution in [1.82, 2.24) is 4.90 Å². The molecular weight excluding hydrogens is 436 g/mol. The number of hydrogen-bond acceptors (Lipinski definition) is 1. The topological polar surface area (TPSA) is 7.12 Å². The summed E-state index contributed by atoms with van der Waals surface area (Å²) >= 11 is 0. The van der Waals surface area contributed by atoms with Crippen LogP contribution in [0.15, 0.2) is 48.5 Å². The van der Waals surface area contributed by atoms with Crippen molar-refractivity contribution in [3.8, 4) is 0 Å². The summed E-state index contributed by atoms with van der Waals surface area (Å²) in [5.41, 5.74) is 3.19. The number of rotatable bonds is 0. The fourth-order valence-electron chi connectivity index (χ4n) is 5.97. The molecule has 2 heteroatoms. The van der Waals surface area contributed by atoms with Gasteiger partial charge in [-0.15, -0.1) is 0 Å². The highest BCUT2D eigenvalue weighted by Crippen LogP contribution is 2.18. The van der Waals surface area contributed by atoms with Crippen LogP contribution in [-0.4, -0.2) is 18.0 Å². The predicted molar refractivity (Wildman–Crippen MR) is 156 cm³/mol. The van der Waals surface area contributed by atoms with E-state index in [-0.39, 0.29) is 0 Å². The van der Waals surface area contributed by atoms with Gasteiger partial charge in [-0.2, -0.15) is 0 Å². The maximum Gasteiger partial charge on any atom is 0.171 e. The standard InChI is InChI=1S/C34H57N2/c1-3-7-11-15-19-27-35-29-22-26-34(32-35)24-18-14-10-6-2-4-8-12-16-20-28-36-30-21-25-33(31-36)23-17-13-9-5-1/h21-22,25-26,29-31H,1-20,23-24,27-28,32H2/q+1. The van der Waals surface area contributed by atoms with Crippen molar-refractivity contribution in [3.63, 3.8) is 0 Å². The van der Waals surface area contributed by atoms with Gasteiger partial charge < -0.3 is 4.90 Å². The largest absolute Gasteiger partial charge is 0.373 e. The summed E-state index contributed by atoms with van der Waals surface area (Å²) in [5, 5.41) is 0. The van der Waals surface area contributed by atoms with Crippen molar-refractivity contribution in [2.45, 2.75) is 148 Å². The van der Waals surface area contributed by atoms with Gasteiger partial charge in [-0.25, -0.2) is 4.57 Å². The zero-order chi connectivity index (χ0) is 24.9. The first-order chi connectivity index (χ1) is 17.9. The van der Waals surface area contributed by atoms with Crippen molar-refractivity contribution < 1.29 is 4.57 Å². The zero-order valence-electron chi connectivity index (χ0n) is 23.6. The molecule has 0 radical (unpaired) electrons. The maximum atomic E-state index is 2.56. The number of aromatic nitrogens is 1. The summed E-state index contributed by atoms with van der Waals surface area (Å²) in [7, 11) is 0. The summed E-state index contributed by atoms with van der Waals surface area (Å²) in [5.74, 6) is 0. The molecular formula is C34H57N2+. The minimum Gasteiger partial charge on any atom is -0.373 e. The molecule has 1 aromatic rings. The number of pyridine rings is 1. The van der Waals surface area contributed by atoms with Crippen LogP contribution in [0.1, 0.15) is 140 Å². The molecule has 2 aliphatic rings. The lowest BCUT2D eigenvalue weighted by Gasteiger charge is -2.25. The lowest BCUT2D eigenvalue weighted by Crippen LogP contribution is -2.33. The van der Waals surface area contributed by atoms with Gasteiger partial charge in [0.15, 0.2) is 12.4 Å². The molecule has 3 heterocycles. The van der Waals surface area contributed by atoms with E-state index in [1.165, 1.54) is 166 Å². The normalized spacial score (nSPS) is 21.9. The molecule has 202 valence electrons. The first-order valence-corrected chi connectivity index (χ1v) is 16.0. The van der Waals surface area contributed by atoms with Gasteiger partial charge in [0.05, 0.1) is 0 Å². The van der Waals surface area contributed by atoms with Crippen LogP contribution in [0.5, 0.6) is 0 Å². The average molecular weight is 494 g/mol. The average Bonchev–Trinajstić information content (AvgIpc) is 2.90. The molecule has 0 saturated heterocycles. The van der Waals surface area contributed by atoms with Crippen LogP contribution in [-0.2, 0) is 13.0 Å². The molecule has 0 spiro atoms. The van der Waals surface area contributed by atoms with Gasteiger partial charge in [0, 0.05) is 31.1 Å². The Balaban J connectivity index is 1.34. The second kappa shape index (κ2) is 19.5. The molecule has 4 bridgehead atoms. The number of hydrogen-bond donors (Lipinski definition) is 0. The number of aryl methyl sites for hydroxylation is 2. The van der Waals surface area contributed by atoms with Crippen LogP contribution >= 0.6 is 0 Å². The first-order valence-electron chi connectivity index (χ1n) is 16.0. The molecule has 2 aliphatic heterocycles. The summed E-state index contributed by atoms with van der Waals surface area (Å²) < 4.78 is 2.44. The molecule has 2 nitrogen and oxygen atoms in total. The molecule has 0 saturated carbocycles. The van der Waals surface area contributed by atoms with Crippen molar-refractivity contribution in [3.05, 3.63) is 54.0 Å². The fourth-order valence-corrected chi connectivity index (χ4v) is 5.97. The monoisotopic (exact) mass is 493 g/mol. The van der Waals surface area contributed by atoms with Crippen LogP contribution < -0.4 is 4.57 Å². The Kier molecular flexibility index (Phi) is 15.7. The van der Waals surface area contributed by atoms with E-state index in [0.29, 0.717) is 0 Å². The molecule has 0 aromatic carbocycles. The third-order valence-electron chi connectivity index (χ3n) is 8.28. The smallest absolute Gasteiger partial charge is 0.171 e. The second-order valence-corrected chi connectivity index (χ2v) is 11.7. The number of fused-ring (bicyclic) bond motifs is 4. The maximum absolute atomic E-state index is 2.56. The zero-order valence-corrected chi connectivity index (χ0v) is 23.6. The van der Waals surface area contributed by atoms with Crippen molar-refractivity contribution in [2.75, 3.05) is 13.1 Å². The Labute approximate surface area is 224 Å². The molecule has 0 fully saturated rings. The molecule has 3 rings (SSSR count). The molecule has 0 unspecified atom stereocenters. The summed E-state index contributed by atoms with van der Waals surface area (Å²) in [6, 6.07) is 4.59. The van der Waals surface area contributed by atoms with Crippen molar-refractivity contribution in [2.24, 2.45) is 0 Å². The molecule has 1 aromatic heterocycles. The van der Waals surface area contributed by atoms with Crippen LogP contribution in [0.4, 0.5) is 0 Å². The van der Waals surface area contributed by atoms with Gasteiger partial charge in [-0.05, 0) is 56.9 Å². The predicted octanol–water partition coefficient (Wildman–Crippen LogP) is 9.48. The van der Waals surface area contributed by atoms with Crippen LogP contribution in [0, 0.1) is 0 Å². The SMILES string of the molecule is C1=CN2CCCCCCCCCCCCc3ccc[n+](c3)CCCCCCCCCCCCC(=C1)C2. The molecule has 0 aliphatic carbocycles. The Morgan fingerprint density at radius 3 is 1.81 bits per heavy atom. The van der Waals surface area contributed by atoms with E-state index in [4.69, 9.17) is 0 Å². The lowest BCUT2D eigenvalue weighted by molar-refractivity contribution is -0.697. The van der Waals surface area contributed by atoms with Gasteiger partial charge in [-0.3, -0.25) is 0 Å². The molecule has 0 amide bonds. The van der Waals surface area contributed by atoms with E-state index in [1.807, 2.05) is 0 Å². The molecule has 0 N–H and O–H groups in total.